The van der Waals surface area contributed by atoms with Crippen molar-refractivity contribution in [2.24, 2.45) is 10.7 Å². The SMILES string of the molecule is NC1=N[C@@H](CNCc2ccc(C(F)(F)F)c(F)c2)CO1. The zero-order chi connectivity index (χ0) is 14.8. The highest BCUT2D eigenvalue weighted by Gasteiger charge is 2.33. The Hall–Kier alpha value is -1.83. The Balaban J connectivity index is 1.89. The minimum Gasteiger partial charge on any atom is -0.463 e. The third-order valence-corrected chi connectivity index (χ3v) is 2.78. The van der Waals surface area contributed by atoms with Crippen LogP contribution in [-0.2, 0) is 17.5 Å². The molecule has 1 aromatic rings. The molecule has 110 valence electrons. The van der Waals surface area contributed by atoms with Crippen LogP contribution < -0.4 is 11.1 Å². The molecule has 20 heavy (non-hydrogen) atoms. The quantitative estimate of drug-likeness (QED) is 0.829. The molecule has 0 aliphatic carbocycles. The van der Waals surface area contributed by atoms with Gasteiger partial charge in [-0.25, -0.2) is 9.38 Å². The molecule has 8 heteroatoms. The lowest BCUT2D eigenvalue weighted by Crippen LogP contribution is -2.26. The van der Waals surface area contributed by atoms with Crippen LogP contribution in [0, 0.1) is 5.82 Å². The first-order chi connectivity index (χ1) is 9.36. The molecule has 2 rings (SSSR count). The second kappa shape index (κ2) is 5.66. The molecule has 1 aliphatic heterocycles. The van der Waals surface area contributed by atoms with E-state index in [2.05, 4.69) is 10.3 Å². The van der Waals surface area contributed by atoms with Crippen LogP contribution in [0.5, 0.6) is 0 Å². The number of alkyl halides is 3. The summed E-state index contributed by atoms with van der Waals surface area (Å²) in [4.78, 5) is 3.97. The molecule has 0 bridgehead atoms. The second-order valence-electron chi connectivity index (χ2n) is 4.38. The number of nitrogens with two attached hydrogens (primary N) is 1. The molecule has 0 unspecified atom stereocenters. The van der Waals surface area contributed by atoms with Crippen LogP contribution in [-0.4, -0.2) is 25.2 Å². The average molecular weight is 291 g/mol. The number of nitrogens with zero attached hydrogens (tertiary/aromatic N) is 1. The van der Waals surface area contributed by atoms with E-state index in [1.807, 2.05) is 0 Å². The van der Waals surface area contributed by atoms with Gasteiger partial charge in [-0.3, -0.25) is 0 Å². The molecule has 0 amide bonds. The topological polar surface area (TPSA) is 59.6 Å². The van der Waals surface area contributed by atoms with Crippen molar-refractivity contribution in [3.05, 3.63) is 35.1 Å². The number of hydrogen-bond acceptors (Lipinski definition) is 4. The molecule has 0 fully saturated rings. The summed E-state index contributed by atoms with van der Waals surface area (Å²) >= 11 is 0. The highest BCUT2D eigenvalue weighted by Crippen LogP contribution is 2.31. The van der Waals surface area contributed by atoms with E-state index in [4.69, 9.17) is 10.5 Å². The van der Waals surface area contributed by atoms with Gasteiger partial charge in [-0.15, -0.1) is 0 Å². The molecule has 0 spiro atoms. The first-order valence-corrected chi connectivity index (χ1v) is 5.88. The first-order valence-electron chi connectivity index (χ1n) is 5.88. The van der Waals surface area contributed by atoms with Gasteiger partial charge in [-0.2, -0.15) is 13.2 Å². The predicted molar refractivity (Wildman–Crippen MR) is 64.5 cm³/mol. The van der Waals surface area contributed by atoms with Gasteiger partial charge in [-0.05, 0) is 17.7 Å². The number of aliphatic imine (C=N–C) groups is 1. The standard InChI is InChI=1S/C12H13F4N3O/c13-10-3-7(1-2-9(10)12(14,15)16)4-18-5-8-6-20-11(17)19-8/h1-3,8,18H,4-6H2,(H2,17,19)/t8-/m0/s1. The van der Waals surface area contributed by atoms with Gasteiger partial charge in [0, 0.05) is 13.1 Å². The molecule has 1 heterocycles. The fraction of sp³-hybridized carbons (Fsp3) is 0.417. The largest absolute Gasteiger partial charge is 0.463 e. The van der Waals surface area contributed by atoms with Crippen molar-refractivity contribution >= 4 is 6.02 Å². The first kappa shape index (κ1) is 14.6. The second-order valence-corrected chi connectivity index (χ2v) is 4.38. The van der Waals surface area contributed by atoms with E-state index < -0.39 is 17.6 Å². The van der Waals surface area contributed by atoms with Crippen LogP contribution in [0.25, 0.3) is 0 Å². The van der Waals surface area contributed by atoms with E-state index in [0.29, 0.717) is 18.7 Å². The monoisotopic (exact) mass is 291 g/mol. The Morgan fingerprint density at radius 2 is 2.15 bits per heavy atom. The number of amidine groups is 1. The van der Waals surface area contributed by atoms with Crippen molar-refractivity contribution in [3.8, 4) is 0 Å². The molecule has 0 saturated heterocycles. The normalized spacial score (nSPS) is 18.8. The molecule has 0 aromatic heterocycles. The molecule has 4 nitrogen and oxygen atoms in total. The van der Waals surface area contributed by atoms with Gasteiger partial charge < -0.3 is 15.8 Å². The number of hydrogen-bond donors (Lipinski definition) is 2. The summed E-state index contributed by atoms with van der Waals surface area (Å²) in [6.07, 6.45) is -4.68. The van der Waals surface area contributed by atoms with Crippen molar-refractivity contribution in [3.63, 3.8) is 0 Å². The highest BCUT2D eigenvalue weighted by molar-refractivity contribution is 5.73. The van der Waals surface area contributed by atoms with E-state index in [0.717, 1.165) is 12.1 Å². The minimum absolute atomic E-state index is 0.123. The van der Waals surface area contributed by atoms with Gasteiger partial charge >= 0.3 is 6.18 Å². The van der Waals surface area contributed by atoms with Gasteiger partial charge in [0.1, 0.15) is 18.5 Å². The lowest BCUT2D eigenvalue weighted by Gasteiger charge is -2.11. The number of nitrogens with one attached hydrogen (secondary N) is 1. The van der Waals surface area contributed by atoms with Crippen molar-refractivity contribution in [2.45, 2.75) is 18.8 Å². The van der Waals surface area contributed by atoms with Crippen LogP contribution in [0.15, 0.2) is 23.2 Å². The summed E-state index contributed by atoms with van der Waals surface area (Å²) < 4.78 is 55.4. The average Bonchev–Trinajstić information content (AvgIpc) is 2.73. The summed E-state index contributed by atoms with van der Waals surface area (Å²) in [5.41, 5.74) is 4.49. The number of benzene rings is 1. The van der Waals surface area contributed by atoms with Crippen LogP contribution in [0.3, 0.4) is 0 Å². The Labute approximate surface area is 112 Å². The number of ether oxygens (including phenoxy) is 1. The maximum Gasteiger partial charge on any atom is 0.419 e. The summed E-state index contributed by atoms with van der Waals surface area (Å²) in [5.74, 6) is -1.27. The zero-order valence-electron chi connectivity index (χ0n) is 10.4. The minimum atomic E-state index is -4.68. The molecule has 0 saturated carbocycles. The summed E-state index contributed by atoms with van der Waals surface area (Å²) in [6.45, 7) is 1.05. The Morgan fingerprint density at radius 3 is 2.70 bits per heavy atom. The predicted octanol–water partition coefficient (Wildman–Crippen LogP) is 1.65. The van der Waals surface area contributed by atoms with Crippen molar-refractivity contribution in [2.75, 3.05) is 13.2 Å². The van der Waals surface area contributed by atoms with Gasteiger partial charge in [0.15, 0.2) is 0 Å². The van der Waals surface area contributed by atoms with Crippen LogP contribution >= 0.6 is 0 Å². The fourth-order valence-electron chi connectivity index (χ4n) is 1.82. The molecular formula is C12H13F4N3O. The fourth-order valence-corrected chi connectivity index (χ4v) is 1.82. The maximum atomic E-state index is 13.3. The number of rotatable bonds is 4. The van der Waals surface area contributed by atoms with Crippen molar-refractivity contribution in [1.29, 1.82) is 0 Å². The lowest BCUT2D eigenvalue weighted by molar-refractivity contribution is -0.140. The van der Waals surface area contributed by atoms with Gasteiger partial charge in [0.2, 0.25) is 0 Å². The Bertz CT molecular complexity index is 516. The highest BCUT2D eigenvalue weighted by atomic mass is 19.4. The van der Waals surface area contributed by atoms with Gasteiger partial charge in [0.05, 0.1) is 5.56 Å². The maximum absolute atomic E-state index is 13.3. The van der Waals surface area contributed by atoms with E-state index in [1.165, 1.54) is 6.07 Å². The van der Waals surface area contributed by atoms with Crippen LogP contribution in [0.4, 0.5) is 17.6 Å². The molecule has 0 radical (unpaired) electrons. The smallest absolute Gasteiger partial charge is 0.419 e. The van der Waals surface area contributed by atoms with Crippen LogP contribution in [0.2, 0.25) is 0 Å². The Morgan fingerprint density at radius 1 is 1.40 bits per heavy atom. The Kier molecular flexibility index (Phi) is 4.12. The van der Waals surface area contributed by atoms with Gasteiger partial charge in [-0.1, -0.05) is 6.07 Å². The number of halogens is 4. The summed E-state index contributed by atoms with van der Waals surface area (Å²) in [6, 6.07) is 2.84. The third-order valence-electron chi connectivity index (χ3n) is 2.78. The molecule has 3 N–H and O–H groups in total. The molecule has 1 atom stereocenters. The van der Waals surface area contributed by atoms with E-state index in [1.54, 1.807) is 0 Å². The van der Waals surface area contributed by atoms with E-state index in [-0.39, 0.29) is 18.6 Å². The van der Waals surface area contributed by atoms with Gasteiger partial charge in [0.25, 0.3) is 6.02 Å². The summed E-state index contributed by atoms with van der Waals surface area (Å²) in [7, 11) is 0. The van der Waals surface area contributed by atoms with Crippen molar-refractivity contribution in [1.82, 2.24) is 5.32 Å². The lowest BCUT2D eigenvalue weighted by atomic mass is 10.1. The van der Waals surface area contributed by atoms with E-state index in [9.17, 15) is 17.6 Å². The molecule has 1 aromatic carbocycles. The third kappa shape index (κ3) is 3.60. The van der Waals surface area contributed by atoms with Crippen molar-refractivity contribution < 1.29 is 22.3 Å². The molecular weight excluding hydrogens is 278 g/mol. The zero-order valence-corrected chi connectivity index (χ0v) is 10.4. The van der Waals surface area contributed by atoms with E-state index >= 15 is 0 Å². The van der Waals surface area contributed by atoms with Crippen LogP contribution in [0.1, 0.15) is 11.1 Å². The molecule has 1 aliphatic rings. The summed E-state index contributed by atoms with van der Waals surface area (Å²) in [5, 5.41) is 2.96.